The highest BCUT2D eigenvalue weighted by atomic mass is 16.4. The van der Waals surface area contributed by atoms with E-state index in [1.165, 1.54) is 19.3 Å². The number of nitrogen functional groups attached to an aromatic ring is 1. The highest BCUT2D eigenvalue weighted by Crippen LogP contribution is 2.28. The fourth-order valence-corrected chi connectivity index (χ4v) is 2.64. The molecule has 0 bridgehead atoms. The van der Waals surface area contributed by atoms with Crippen molar-refractivity contribution in [2.75, 3.05) is 23.7 Å². The molecule has 1 atom stereocenters. The molecule has 1 aliphatic heterocycles. The van der Waals surface area contributed by atoms with E-state index in [1.54, 1.807) is 0 Å². The van der Waals surface area contributed by atoms with Gasteiger partial charge in [-0.2, -0.15) is 4.98 Å². The van der Waals surface area contributed by atoms with E-state index in [4.69, 9.17) is 10.2 Å². The molecule has 2 N–H and O–H groups in total. The van der Waals surface area contributed by atoms with Gasteiger partial charge in [-0.15, -0.1) is 0 Å². The Kier molecular flexibility index (Phi) is 2.86. The lowest BCUT2D eigenvalue weighted by atomic mass is 9.96. The average molecular weight is 245 g/mol. The highest BCUT2D eigenvalue weighted by Gasteiger charge is 2.22. The third-order valence-corrected chi connectivity index (χ3v) is 3.77. The van der Waals surface area contributed by atoms with Crippen molar-refractivity contribution >= 4 is 22.8 Å². The molecule has 1 fully saturated rings. The predicted octanol–water partition coefficient (Wildman–Crippen LogP) is 3.04. The van der Waals surface area contributed by atoms with Gasteiger partial charge in [0.2, 0.25) is 0 Å². The van der Waals surface area contributed by atoms with E-state index in [0.717, 1.165) is 41.8 Å². The number of oxazole rings is 1. The molecule has 0 saturated carbocycles. The van der Waals surface area contributed by atoms with E-state index in [-0.39, 0.29) is 0 Å². The second kappa shape index (κ2) is 4.52. The van der Waals surface area contributed by atoms with Gasteiger partial charge in [0, 0.05) is 24.8 Å². The summed E-state index contributed by atoms with van der Waals surface area (Å²) in [5.41, 5.74) is 8.14. The summed E-state index contributed by atoms with van der Waals surface area (Å²) in [5.74, 6) is 0.763. The van der Waals surface area contributed by atoms with E-state index in [9.17, 15) is 0 Å². The number of nitrogens with two attached hydrogens (primary N) is 1. The van der Waals surface area contributed by atoms with Crippen molar-refractivity contribution in [1.29, 1.82) is 0 Å². The number of aromatic nitrogens is 1. The second-order valence-corrected chi connectivity index (χ2v) is 5.09. The molecular weight excluding hydrogens is 226 g/mol. The van der Waals surface area contributed by atoms with Crippen molar-refractivity contribution in [3.8, 4) is 0 Å². The summed E-state index contributed by atoms with van der Waals surface area (Å²) in [5, 5.41) is 0. The van der Waals surface area contributed by atoms with Crippen LogP contribution >= 0.6 is 0 Å². The normalized spacial score (nSPS) is 20.5. The number of nitrogens with zero attached hydrogens (tertiary/aromatic N) is 2. The SMILES string of the molecule is CCC1CCCN(c2nc3ccc(N)cc3o2)C1. The Morgan fingerprint density at radius 2 is 2.39 bits per heavy atom. The smallest absolute Gasteiger partial charge is 0.298 e. The average Bonchev–Trinajstić information content (AvgIpc) is 2.81. The summed E-state index contributed by atoms with van der Waals surface area (Å²) in [6.07, 6.45) is 3.77. The van der Waals surface area contributed by atoms with Crippen molar-refractivity contribution in [3.63, 3.8) is 0 Å². The topological polar surface area (TPSA) is 55.3 Å². The van der Waals surface area contributed by atoms with Crippen molar-refractivity contribution in [1.82, 2.24) is 4.98 Å². The lowest BCUT2D eigenvalue weighted by Gasteiger charge is -2.30. The Morgan fingerprint density at radius 1 is 1.50 bits per heavy atom. The minimum absolute atomic E-state index is 0.718. The van der Waals surface area contributed by atoms with E-state index in [2.05, 4.69) is 16.8 Å². The lowest BCUT2D eigenvalue weighted by molar-refractivity contribution is 0.387. The van der Waals surface area contributed by atoms with Crippen molar-refractivity contribution < 1.29 is 4.42 Å². The van der Waals surface area contributed by atoms with Crippen LogP contribution in [0.5, 0.6) is 0 Å². The minimum atomic E-state index is 0.718. The van der Waals surface area contributed by atoms with Gasteiger partial charge in [-0.25, -0.2) is 0 Å². The van der Waals surface area contributed by atoms with Crippen LogP contribution in [0, 0.1) is 5.92 Å². The molecule has 2 heterocycles. The van der Waals surface area contributed by atoms with Crippen molar-refractivity contribution in [2.45, 2.75) is 26.2 Å². The quantitative estimate of drug-likeness (QED) is 0.826. The first-order valence-electron chi connectivity index (χ1n) is 6.67. The van der Waals surface area contributed by atoms with E-state index in [0.29, 0.717) is 0 Å². The number of piperidine rings is 1. The molecule has 1 saturated heterocycles. The van der Waals surface area contributed by atoms with Crippen LogP contribution in [-0.4, -0.2) is 18.1 Å². The Bertz CT molecular complexity index is 549. The molecule has 1 aromatic heterocycles. The Morgan fingerprint density at radius 3 is 3.22 bits per heavy atom. The van der Waals surface area contributed by atoms with Gasteiger partial charge in [-0.05, 0) is 30.9 Å². The Balaban J connectivity index is 1.89. The van der Waals surface area contributed by atoms with Crippen molar-refractivity contribution in [2.24, 2.45) is 5.92 Å². The first-order valence-corrected chi connectivity index (χ1v) is 6.67. The predicted molar refractivity (Wildman–Crippen MR) is 73.6 cm³/mol. The molecule has 4 nitrogen and oxygen atoms in total. The highest BCUT2D eigenvalue weighted by molar-refractivity contribution is 5.78. The number of hydrogen-bond acceptors (Lipinski definition) is 4. The van der Waals surface area contributed by atoms with Gasteiger partial charge < -0.3 is 15.1 Å². The Hall–Kier alpha value is -1.71. The maximum Gasteiger partial charge on any atom is 0.298 e. The number of anilines is 2. The molecule has 96 valence electrons. The van der Waals surface area contributed by atoms with E-state index in [1.807, 2.05) is 18.2 Å². The summed E-state index contributed by atoms with van der Waals surface area (Å²) in [4.78, 5) is 6.81. The van der Waals surface area contributed by atoms with Crippen LogP contribution in [0.2, 0.25) is 0 Å². The Labute approximate surface area is 107 Å². The molecule has 0 spiro atoms. The molecule has 0 amide bonds. The molecule has 18 heavy (non-hydrogen) atoms. The molecular formula is C14H19N3O. The standard InChI is InChI=1S/C14H19N3O/c1-2-10-4-3-7-17(9-10)14-16-12-6-5-11(15)8-13(12)18-14/h5-6,8,10H,2-4,7,9,15H2,1H3. The molecule has 1 aliphatic rings. The summed E-state index contributed by atoms with van der Waals surface area (Å²) < 4.78 is 5.82. The third-order valence-electron chi connectivity index (χ3n) is 3.77. The van der Waals surface area contributed by atoms with Crippen LogP contribution in [0.15, 0.2) is 22.6 Å². The summed E-state index contributed by atoms with van der Waals surface area (Å²) in [6, 6.07) is 6.36. The van der Waals surface area contributed by atoms with E-state index < -0.39 is 0 Å². The second-order valence-electron chi connectivity index (χ2n) is 5.09. The maximum atomic E-state index is 5.82. The summed E-state index contributed by atoms with van der Waals surface area (Å²) in [6.45, 7) is 4.35. The van der Waals surface area contributed by atoms with Gasteiger partial charge in [0.15, 0.2) is 5.58 Å². The maximum absolute atomic E-state index is 5.82. The number of benzene rings is 1. The van der Waals surface area contributed by atoms with Gasteiger partial charge in [0.25, 0.3) is 6.01 Å². The molecule has 3 rings (SSSR count). The van der Waals surface area contributed by atoms with E-state index >= 15 is 0 Å². The van der Waals surface area contributed by atoms with Gasteiger partial charge in [0.1, 0.15) is 5.52 Å². The van der Waals surface area contributed by atoms with Crippen LogP contribution in [0.3, 0.4) is 0 Å². The first kappa shape index (κ1) is 11.4. The van der Waals surface area contributed by atoms with Crippen molar-refractivity contribution in [3.05, 3.63) is 18.2 Å². The summed E-state index contributed by atoms with van der Waals surface area (Å²) >= 11 is 0. The first-order chi connectivity index (χ1) is 8.76. The molecule has 0 radical (unpaired) electrons. The van der Waals surface area contributed by atoms with Crippen LogP contribution in [0.4, 0.5) is 11.7 Å². The number of hydrogen-bond donors (Lipinski definition) is 1. The van der Waals surface area contributed by atoms with Gasteiger partial charge in [-0.3, -0.25) is 0 Å². The molecule has 1 unspecified atom stereocenters. The zero-order chi connectivity index (χ0) is 12.5. The zero-order valence-corrected chi connectivity index (χ0v) is 10.7. The zero-order valence-electron chi connectivity index (χ0n) is 10.7. The number of fused-ring (bicyclic) bond motifs is 1. The molecule has 4 heteroatoms. The monoisotopic (exact) mass is 245 g/mol. The van der Waals surface area contributed by atoms with Crippen LogP contribution in [-0.2, 0) is 0 Å². The molecule has 2 aromatic rings. The van der Waals surface area contributed by atoms with Gasteiger partial charge in [-0.1, -0.05) is 13.3 Å². The number of rotatable bonds is 2. The fraction of sp³-hybridized carbons (Fsp3) is 0.500. The summed E-state index contributed by atoms with van der Waals surface area (Å²) in [7, 11) is 0. The lowest BCUT2D eigenvalue weighted by Crippen LogP contribution is -2.35. The van der Waals surface area contributed by atoms with Crippen LogP contribution < -0.4 is 10.6 Å². The van der Waals surface area contributed by atoms with Gasteiger partial charge in [0.05, 0.1) is 0 Å². The molecule has 0 aliphatic carbocycles. The van der Waals surface area contributed by atoms with Crippen LogP contribution in [0.1, 0.15) is 26.2 Å². The van der Waals surface area contributed by atoms with Gasteiger partial charge >= 0.3 is 0 Å². The minimum Gasteiger partial charge on any atom is -0.423 e. The van der Waals surface area contributed by atoms with Crippen LogP contribution in [0.25, 0.3) is 11.1 Å². The third kappa shape index (κ3) is 2.03. The fourth-order valence-electron chi connectivity index (χ4n) is 2.64. The molecule has 1 aromatic carbocycles. The largest absolute Gasteiger partial charge is 0.423 e.